The largest absolute Gasteiger partial charge is 0.382 e. The molecule has 43 heavy (non-hydrogen) atoms. The standard InChI is InChI=1S/C34H53N4.C2H2.2ClH.Ru/c1-28(26-33-35(29-14-6-2-7-15-29)22-23-36(33)30-16-8-3-9-17-30)27-34-37(31-18-10-4-11-19-31)24-25-38(34)32-20-12-5-13-21-32;1-2;;;/h22-27,29-32H,2-21H2,1H3;1H2;2*1H;/q-1;;;;+2/p-2. The van der Waals surface area contributed by atoms with Crippen LogP contribution >= 0.6 is 19.4 Å². The molecule has 0 spiro atoms. The molecule has 0 unspecified atom stereocenters. The zero-order chi connectivity index (χ0) is 30.0. The topological polar surface area (TPSA) is 13.0 Å². The predicted octanol–water partition coefficient (Wildman–Crippen LogP) is 10.3. The van der Waals surface area contributed by atoms with Crippen molar-refractivity contribution in [1.82, 2.24) is 19.6 Å². The van der Waals surface area contributed by atoms with Gasteiger partial charge in [-0.25, -0.2) is 0 Å². The molecule has 0 aromatic heterocycles. The van der Waals surface area contributed by atoms with Crippen molar-refractivity contribution in [2.45, 2.75) is 160 Å². The summed E-state index contributed by atoms with van der Waals surface area (Å²) < 4.78 is 2.45. The molecular formula is C36H55Cl2N4Ru-. The summed E-state index contributed by atoms with van der Waals surface area (Å²) in [6.07, 6.45) is 42.3. The molecular weight excluding hydrogens is 660 g/mol. The van der Waals surface area contributed by atoms with Crippen LogP contribution in [0, 0.1) is 5.92 Å². The van der Waals surface area contributed by atoms with Crippen LogP contribution in [0.1, 0.15) is 135 Å². The Morgan fingerprint density at radius 3 is 1.02 bits per heavy atom. The van der Waals surface area contributed by atoms with Crippen LogP contribution in [0.4, 0.5) is 0 Å². The zero-order valence-corrected chi connectivity index (χ0v) is 29.8. The van der Waals surface area contributed by atoms with Gasteiger partial charge in [0.1, 0.15) is 0 Å². The Bertz CT molecular complexity index is 919. The van der Waals surface area contributed by atoms with Gasteiger partial charge in [-0.3, -0.25) is 0 Å². The first-order chi connectivity index (χ1) is 21.0. The van der Waals surface area contributed by atoms with E-state index in [1.807, 2.05) is 0 Å². The van der Waals surface area contributed by atoms with Crippen LogP contribution < -0.4 is 0 Å². The Kier molecular flexibility index (Phi) is 13.1. The summed E-state index contributed by atoms with van der Waals surface area (Å²) >= 11 is -1.60. The second-order valence-electron chi connectivity index (χ2n) is 13.5. The summed E-state index contributed by atoms with van der Waals surface area (Å²) in [4.78, 5) is 10.7. The molecule has 0 radical (unpaired) electrons. The van der Waals surface area contributed by atoms with Crippen molar-refractivity contribution in [3.8, 4) is 0 Å². The molecule has 242 valence electrons. The second-order valence-corrected chi connectivity index (χ2v) is 18.9. The molecule has 4 saturated carbocycles. The molecule has 7 heteroatoms. The average Bonchev–Trinajstić information content (AvgIpc) is 3.67. The van der Waals surface area contributed by atoms with Crippen LogP contribution in [-0.2, 0) is 13.5 Å². The number of hydrogen-bond acceptors (Lipinski definition) is 4. The molecule has 0 aromatic rings. The fourth-order valence-corrected chi connectivity index (χ4v) is 8.28. The maximum Gasteiger partial charge on any atom is 0.0231 e. The van der Waals surface area contributed by atoms with Crippen LogP contribution in [0.5, 0.6) is 0 Å². The summed E-state index contributed by atoms with van der Waals surface area (Å²) in [6, 6.07) is 2.69. The molecule has 0 saturated heterocycles. The number of allylic oxidation sites excluding steroid dienone is 2. The van der Waals surface area contributed by atoms with Gasteiger partial charge >= 0.3 is 43.7 Å². The van der Waals surface area contributed by atoms with Gasteiger partial charge < -0.3 is 19.6 Å². The molecule has 6 rings (SSSR count). The normalized spacial score (nSPS) is 24.7. The smallest absolute Gasteiger partial charge is 0.0231 e. The summed E-state index contributed by atoms with van der Waals surface area (Å²) in [7, 11) is 10.4. The third-order valence-corrected chi connectivity index (χ3v) is 12.1. The molecule has 2 heterocycles. The quantitative estimate of drug-likeness (QED) is 0.201. The summed E-state index contributed by atoms with van der Waals surface area (Å²) in [6.45, 7) is 5.60. The van der Waals surface area contributed by atoms with Gasteiger partial charge in [0.05, 0.1) is 0 Å². The molecule has 2 aliphatic heterocycles. The van der Waals surface area contributed by atoms with E-state index in [1.165, 1.54) is 146 Å². The molecule has 0 aromatic carbocycles. The van der Waals surface area contributed by atoms with Crippen molar-refractivity contribution in [2.24, 2.45) is 0 Å². The summed E-state index contributed by atoms with van der Waals surface area (Å²) in [5.74, 6) is 4.32. The van der Waals surface area contributed by atoms with E-state index < -0.39 is 13.5 Å². The molecule has 4 nitrogen and oxygen atoms in total. The van der Waals surface area contributed by atoms with Crippen molar-refractivity contribution in [3.05, 3.63) is 61.1 Å². The average molecular weight is 716 g/mol. The second kappa shape index (κ2) is 17.0. The zero-order valence-electron chi connectivity index (χ0n) is 26.5. The van der Waals surface area contributed by atoms with Gasteiger partial charge in [-0.2, -0.15) is 5.92 Å². The molecule has 0 bridgehead atoms. The van der Waals surface area contributed by atoms with Crippen LogP contribution in [-0.4, -0.2) is 48.0 Å². The Morgan fingerprint density at radius 1 is 0.581 bits per heavy atom. The van der Waals surface area contributed by atoms with Gasteiger partial charge in [0.15, 0.2) is 0 Å². The third-order valence-electron chi connectivity index (χ3n) is 10.5. The van der Waals surface area contributed by atoms with Crippen LogP contribution in [0.25, 0.3) is 0 Å². The first-order valence-corrected chi connectivity index (χ1v) is 22.7. The van der Waals surface area contributed by atoms with Crippen molar-refractivity contribution in [1.29, 1.82) is 0 Å². The minimum absolute atomic E-state index is 0.672. The van der Waals surface area contributed by atoms with Gasteiger partial charge in [0.25, 0.3) is 0 Å². The van der Waals surface area contributed by atoms with E-state index in [-0.39, 0.29) is 0 Å². The fourth-order valence-electron chi connectivity index (χ4n) is 8.28. The fraction of sp³-hybridized carbons (Fsp3) is 0.694. The predicted molar refractivity (Wildman–Crippen MR) is 181 cm³/mol. The molecule has 6 aliphatic rings. The Balaban J connectivity index is 0.000000682. The molecule has 0 atom stereocenters. The van der Waals surface area contributed by atoms with Gasteiger partial charge in [-0.15, -0.1) is 12.2 Å². The van der Waals surface area contributed by atoms with Gasteiger partial charge in [-0.1, -0.05) is 84.0 Å². The van der Waals surface area contributed by atoms with Crippen molar-refractivity contribution >= 4 is 23.6 Å². The SMILES string of the molecule is C=[C]=[Ru]([Cl])[Cl].C[C-](C=C1N(C2CCCCC2)C=CN1C1CCCCC1)C=C1N(C2CCCCC2)C=CN1C1CCCCC1. The van der Waals surface area contributed by atoms with Crippen molar-refractivity contribution in [3.63, 3.8) is 0 Å². The Labute approximate surface area is 276 Å². The van der Waals surface area contributed by atoms with Crippen LogP contribution in [0.2, 0.25) is 0 Å². The maximum absolute atomic E-state index is 5.20. The number of rotatable bonds is 6. The Hall–Kier alpha value is -1.12. The van der Waals surface area contributed by atoms with E-state index in [0.29, 0.717) is 24.2 Å². The van der Waals surface area contributed by atoms with E-state index in [2.05, 4.69) is 74.3 Å². The minimum Gasteiger partial charge on any atom is -0.382 e. The van der Waals surface area contributed by atoms with Crippen LogP contribution in [0.3, 0.4) is 0 Å². The third kappa shape index (κ3) is 9.00. The van der Waals surface area contributed by atoms with Gasteiger partial charge in [0.2, 0.25) is 0 Å². The van der Waals surface area contributed by atoms with Crippen molar-refractivity contribution in [2.75, 3.05) is 0 Å². The van der Waals surface area contributed by atoms with Crippen molar-refractivity contribution < 1.29 is 13.5 Å². The Morgan fingerprint density at radius 2 is 0.814 bits per heavy atom. The monoisotopic (exact) mass is 715 g/mol. The maximum atomic E-state index is 5.20. The van der Waals surface area contributed by atoms with E-state index >= 15 is 0 Å². The first kappa shape index (κ1) is 33.3. The summed E-state index contributed by atoms with van der Waals surface area (Å²) in [5, 5.41) is 0. The van der Waals surface area contributed by atoms with E-state index in [1.54, 1.807) is 0 Å². The molecule has 0 N–H and O–H groups in total. The summed E-state index contributed by atoms with van der Waals surface area (Å²) in [5.41, 5.74) is 0. The molecule has 4 aliphatic carbocycles. The minimum atomic E-state index is -1.60. The molecule has 4 fully saturated rings. The van der Waals surface area contributed by atoms with E-state index in [0.717, 1.165) is 0 Å². The van der Waals surface area contributed by atoms with E-state index in [9.17, 15) is 0 Å². The number of nitrogens with zero attached hydrogens (tertiary/aromatic N) is 4. The van der Waals surface area contributed by atoms with E-state index in [4.69, 9.17) is 19.4 Å². The first-order valence-electron chi connectivity index (χ1n) is 17.3. The number of hydrogen-bond donors (Lipinski definition) is 0. The molecule has 0 amide bonds. The van der Waals surface area contributed by atoms with Gasteiger partial charge in [0, 0.05) is 60.6 Å². The number of halogens is 2. The van der Waals surface area contributed by atoms with Crippen LogP contribution in [0.15, 0.2) is 55.2 Å². The van der Waals surface area contributed by atoms with Gasteiger partial charge in [-0.05, 0) is 51.4 Å².